The van der Waals surface area contributed by atoms with E-state index < -0.39 is 17.5 Å². The number of hydrogen-bond donors (Lipinski definition) is 3. The minimum Gasteiger partial charge on any atom is -0.479 e. The minimum atomic E-state index is -1.51. The van der Waals surface area contributed by atoms with Gasteiger partial charge in [0.1, 0.15) is 5.71 Å². The standard InChI is InChI=1S/C12H10Cl2N2O4.C9H9Cl2NO/c1-12(11(19)20)5-8(10(17)18)15-16(12)9-3-2-6(13)4-7(9)14;1-2-9(13)12-6-3-4-7(10)8(11)5-6/h2-4H,5H2,1H3,(H,17,18)(H,19,20);3-5H,2H2,1H3,(H,12,13). The summed E-state index contributed by atoms with van der Waals surface area (Å²) < 4.78 is 0. The van der Waals surface area contributed by atoms with Gasteiger partial charge in [0, 0.05) is 23.6 Å². The van der Waals surface area contributed by atoms with Gasteiger partial charge in [-0.1, -0.05) is 53.3 Å². The van der Waals surface area contributed by atoms with Gasteiger partial charge in [0.25, 0.3) is 0 Å². The third-order valence-electron chi connectivity index (χ3n) is 4.57. The Balaban J connectivity index is 0.000000257. The highest BCUT2D eigenvalue weighted by molar-refractivity contribution is 6.42. The minimum absolute atomic E-state index is 0.0432. The Hall–Kier alpha value is -2.52. The zero-order valence-electron chi connectivity index (χ0n) is 17.4. The van der Waals surface area contributed by atoms with Crippen molar-refractivity contribution in [2.75, 3.05) is 10.3 Å². The zero-order valence-corrected chi connectivity index (χ0v) is 20.4. The number of hydrazone groups is 1. The van der Waals surface area contributed by atoms with Crippen molar-refractivity contribution in [3.63, 3.8) is 0 Å². The lowest BCUT2D eigenvalue weighted by Gasteiger charge is -2.30. The van der Waals surface area contributed by atoms with Crippen molar-refractivity contribution < 1.29 is 24.6 Å². The number of aliphatic carboxylic acids is 2. The lowest BCUT2D eigenvalue weighted by atomic mass is 9.95. The van der Waals surface area contributed by atoms with E-state index in [1.165, 1.54) is 25.1 Å². The topological polar surface area (TPSA) is 119 Å². The van der Waals surface area contributed by atoms with Crippen LogP contribution in [0.2, 0.25) is 20.1 Å². The Labute approximate surface area is 209 Å². The van der Waals surface area contributed by atoms with E-state index in [1.54, 1.807) is 25.1 Å². The molecule has 8 nitrogen and oxygen atoms in total. The SMILES string of the molecule is CC1(C(=O)O)CC(C(=O)O)=NN1c1ccc(Cl)cc1Cl.CCC(=O)Nc1ccc(Cl)c(Cl)c1. The Morgan fingerprint density at radius 2 is 1.70 bits per heavy atom. The van der Waals surface area contributed by atoms with Crippen molar-refractivity contribution in [2.24, 2.45) is 5.10 Å². The maximum absolute atomic E-state index is 11.5. The first kappa shape index (κ1) is 26.7. The van der Waals surface area contributed by atoms with E-state index in [9.17, 15) is 19.5 Å². The normalized spacial score (nSPS) is 17.0. The van der Waals surface area contributed by atoms with Crippen LogP contribution < -0.4 is 10.3 Å². The van der Waals surface area contributed by atoms with E-state index in [4.69, 9.17) is 51.5 Å². The van der Waals surface area contributed by atoms with Gasteiger partial charge in [-0.2, -0.15) is 5.10 Å². The Kier molecular flexibility index (Phi) is 8.97. The van der Waals surface area contributed by atoms with Crippen LogP contribution in [0.25, 0.3) is 0 Å². The van der Waals surface area contributed by atoms with Crippen LogP contribution in [0.1, 0.15) is 26.7 Å². The van der Waals surface area contributed by atoms with Crippen LogP contribution in [-0.4, -0.2) is 39.3 Å². The second kappa shape index (κ2) is 11.1. The number of rotatable bonds is 5. The summed E-state index contributed by atoms with van der Waals surface area (Å²) in [5.41, 5.74) is -0.787. The first-order valence-electron chi connectivity index (χ1n) is 9.43. The van der Waals surface area contributed by atoms with Gasteiger partial charge >= 0.3 is 11.9 Å². The van der Waals surface area contributed by atoms with Crippen molar-refractivity contribution >= 4 is 81.3 Å². The summed E-state index contributed by atoms with van der Waals surface area (Å²) in [6, 6.07) is 9.45. The Bertz CT molecular complexity index is 1130. The zero-order chi connectivity index (χ0) is 24.9. The molecule has 33 heavy (non-hydrogen) atoms. The monoisotopic (exact) mass is 533 g/mol. The second-order valence-corrected chi connectivity index (χ2v) is 8.70. The molecule has 0 fully saturated rings. The van der Waals surface area contributed by atoms with E-state index in [-0.39, 0.29) is 28.7 Å². The first-order valence-corrected chi connectivity index (χ1v) is 10.9. The summed E-state index contributed by atoms with van der Waals surface area (Å²) in [7, 11) is 0. The molecule has 12 heteroatoms. The van der Waals surface area contributed by atoms with E-state index in [1.807, 2.05) is 0 Å². The quantitative estimate of drug-likeness (QED) is 0.444. The number of benzene rings is 2. The molecule has 0 aromatic heterocycles. The molecule has 0 radical (unpaired) electrons. The summed E-state index contributed by atoms with van der Waals surface area (Å²) in [4.78, 5) is 33.5. The molecule has 3 N–H and O–H groups in total. The molecule has 2 aromatic carbocycles. The van der Waals surface area contributed by atoms with Crippen molar-refractivity contribution in [1.29, 1.82) is 0 Å². The van der Waals surface area contributed by atoms with Gasteiger partial charge in [-0.15, -0.1) is 0 Å². The van der Waals surface area contributed by atoms with Gasteiger partial charge in [-0.25, -0.2) is 14.6 Å². The van der Waals surface area contributed by atoms with Gasteiger partial charge in [-0.3, -0.25) is 4.79 Å². The molecule has 1 aliphatic rings. The van der Waals surface area contributed by atoms with Crippen molar-refractivity contribution in [1.82, 2.24) is 0 Å². The fourth-order valence-electron chi connectivity index (χ4n) is 2.75. The summed E-state index contributed by atoms with van der Waals surface area (Å²) in [6.45, 7) is 3.17. The summed E-state index contributed by atoms with van der Waals surface area (Å²) >= 11 is 23.3. The molecular formula is C21H19Cl4N3O5. The molecule has 0 spiro atoms. The Morgan fingerprint density at radius 3 is 2.21 bits per heavy atom. The van der Waals surface area contributed by atoms with E-state index in [2.05, 4.69) is 10.4 Å². The second-order valence-electron chi connectivity index (χ2n) is 7.05. The molecule has 0 bridgehead atoms. The van der Waals surface area contributed by atoms with Crippen LogP contribution in [0, 0.1) is 0 Å². The van der Waals surface area contributed by atoms with Gasteiger partial charge in [0.15, 0.2) is 5.54 Å². The number of anilines is 2. The number of nitrogens with zero attached hydrogens (tertiary/aromatic N) is 2. The van der Waals surface area contributed by atoms with Crippen LogP contribution in [-0.2, 0) is 14.4 Å². The van der Waals surface area contributed by atoms with Crippen LogP contribution in [0.3, 0.4) is 0 Å². The number of halogens is 4. The van der Waals surface area contributed by atoms with Gasteiger partial charge in [0.2, 0.25) is 5.91 Å². The molecule has 2 aromatic rings. The highest BCUT2D eigenvalue weighted by Crippen LogP contribution is 2.38. The molecule has 1 heterocycles. The van der Waals surface area contributed by atoms with E-state index in [0.717, 1.165) is 5.01 Å². The molecule has 0 saturated carbocycles. The number of nitrogens with one attached hydrogen (secondary N) is 1. The highest BCUT2D eigenvalue weighted by atomic mass is 35.5. The van der Waals surface area contributed by atoms with Crippen molar-refractivity contribution in [2.45, 2.75) is 32.2 Å². The maximum Gasteiger partial charge on any atom is 0.352 e. The number of hydrogen-bond acceptors (Lipinski definition) is 5. The fourth-order valence-corrected chi connectivity index (χ4v) is 3.53. The third-order valence-corrected chi connectivity index (χ3v) is 5.85. The summed E-state index contributed by atoms with van der Waals surface area (Å²) in [6.07, 6.45) is 0.219. The summed E-state index contributed by atoms with van der Waals surface area (Å²) in [5, 5.41) is 27.5. The van der Waals surface area contributed by atoms with Gasteiger partial charge in [0.05, 0.1) is 20.8 Å². The van der Waals surface area contributed by atoms with Crippen molar-refractivity contribution in [3.8, 4) is 0 Å². The molecule has 1 amide bonds. The molecule has 0 aliphatic carbocycles. The molecule has 3 rings (SSSR count). The number of carbonyl (C=O) groups is 3. The average molecular weight is 535 g/mol. The van der Waals surface area contributed by atoms with Gasteiger partial charge in [-0.05, 0) is 43.3 Å². The number of amides is 1. The lowest BCUT2D eigenvalue weighted by Crippen LogP contribution is -2.47. The predicted molar refractivity (Wildman–Crippen MR) is 130 cm³/mol. The van der Waals surface area contributed by atoms with Crippen LogP contribution >= 0.6 is 46.4 Å². The molecule has 1 unspecified atom stereocenters. The molecule has 0 saturated heterocycles. The smallest absolute Gasteiger partial charge is 0.352 e. The number of carbonyl (C=O) groups excluding carboxylic acids is 1. The summed E-state index contributed by atoms with van der Waals surface area (Å²) in [5.74, 6) is -2.49. The highest BCUT2D eigenvalue weighted by Gasteiger charge is 2.48. The number of carboxylic acids is 2. The van der Waals surface area contributed by atoms with E-state index >= 15 is 0 Å². The lowest BCUT2D eigenvalue weighted by molar-refractivity contribution is -0.142. The van der Waals surface area contributed by atoms with Crippen molar-refractivity contribution in [3.05, 3.63) is 56.5 Å². The molecular weight excluding hydrogens is 516 g/mol. The van der Waals surface area contributed by atoms with Gasteiger partial charge < -0.3 is 15.5 Å². The van der Waals surface area contributed by atoms with Crippen LogP contribution in [0.4, 0.5) is 11.4 Å². The first-order chi connectivity index (χ1) is 15.4. The van der Waals surface area contributed by atoms with E-state index in [0.29, 0.717) is 27.2 Å². The van der Waals surface area contributed by atoms with Crippen LogP contribution in [0.5, 0.6) is 0 Å². The third kappa shape index (κ3) is 6.51. The largest absolute Gasteiger partial charge is 0.479 e. The molecule has 1 atom stereocenters. The molecule has 1 aliphatic heterocycles. The number of carboxylic acid groups (broad SMARTS) is 2. The predicted octanol–water partition coefficient (Wildman–Crippen LogP) is 5.83. The van der Waals surface area contributed by atoms with Crippen LogP contribution in [0.15, 0.2) is 41.5 Å². The molecule has 176 valence electrons. The average Bonchev–Trinajstić information content (AvgIpc) is 3.10. The maximum atomic E-state index is 11.5. The fraction of sp³-hybridized carbons (Fsp3) is 0.238. The Morgan fingerprint density at radius 1 is 1.03 bits per heavy atom.